The molecule has 0 aromatic rings. The fourth-order valence-corrected chi connectivity index (χ4v) is 0.933. The second kappa shape index (κ2) is 6.47. The molecule has 0 aliphatic carbocycles. The molecular formula is C9H18BN. The van der Waals surface area contributed by atoms with Crippen molar-refractivity contribution in [2.75, 3.05) is 13.6 Å². The number of allylic oxidation sites excluding steroid dienone is 1. The van der Waals surface area contributed by atoms with E-state index in [2.05, 4.69) is 37.9 Å². The van der Waals surface area contributed by atoms with Crippen molar-refractivity contribution in [3.8, 4) is 0 Å². The first kappa shape index (κ1) is 10.8. The molecule has 62 valence electrons. The van der Waals surface area contributed by atoms with Crippen LogP contribution >= 0.6 is 0 Å². The average molecular weight is 151 g/mol. The zero-order valence-electron chi connectivity index (χ0n) is 7.88. The monoisotopic (exact) mass is 151 g/mol. The van der Waals surface area contributed by atoms with Crippen LogP contribution in [0.5, 0.6) is 0 Å². The molecule has 2 radical (unpaired) electrons. The Morgan fingerprint density at radius 3 is 2.45 bits per heavy atom. The Bertz CT molecular complexity index is 112. The molecule has 1 nitrogen and oxygen atoms in total. The first-order valence-corrected chi connectivity index (χ1v) is 4.33. The van der Waals surface area contributed by atoms with Crippen molar-refractivity contribution in [2.24, 2.45) is 0 Å². The van der Waals surface area contributed by atoms with Gasteiger partial charge in [-0.15, -0.1) is 0 Å². The molecule has 0 aliphatic rings. The van der Waals surface area contributed by atoms with Gasteiger partial charge in [0.1, 0.15) is 0 Å². The summed E-state index contributed by atoms with van der Waals surface area (Å²) in [6, 6.07) is 0.417. The fraction of sp³-hybridized carbons (Fsp3) is 0.778. The zero-order chi connectivity index (χ0) is 8.69. The number of rotatable bonds is 5. The molecule has 0 N–H and O–H groups in total. The van der Waals surface area contributed by atoms with E-state index >= 15 is 0 Å². The lowest BCUT2D eigenvalue weighted by molar-refractivity contribution is 0.313. The molecule has 0 rings (SSSR count). The van der Waals surface area contributed by atoms with Crippen molar-refractivity contribution >= 4 is 7.85 Å². The van der Waals surface area contributed by atoms with E-state index < -0.39 is 0 Å². The maximum atomic E-state index is 5.60. The highest BCUT2D eigenvalue weighted by Crippen LogP contribution is 2.02. The standard InChI is InChI=1S/C9H18BN/c1-4-6-7-9(8-10)11(3)5-2/h6-7,9H,4-5,8H2,1-3H3. The summed E-state index contributed by atoms with van der Waals surface area (Å²) in [6.45, 7) is 5.33. The van der Waals surface area contributed by atoms with Crippen molar-refractivity contribution in [1.82, 2.24) is 4.90 Å². The van der Waals surface area contributed by atoms with E-state index in [9.17, 15) is 0 Å². The summed E-state index contributed by atoms with van der Waals surface area (Å²) < 4.78 is 0. The van der Waals surface area contributed by atoms with Crippen LogP contribution in [0.3, 0.4) is 0 Å². The summed E-state index contributed by atoms with van der Waals surface area (Å²) >= 11 is 0. The summed E-state index contributed by atoms with van der Waals surface area (Å²) in [7, 11) is 7.69. The molecule has 0 saturated heterocycles. The minimum absolute atomic E-state index is 0.417. The molecule has 0 amide bonds. The van der Waals surface area contributed by atoms with Crippen molar-refractivity contribution in [2.45, 2.75) is 32.6 Å². The third kappa shape index (κ3) is 4.25. The minimum atomic E-state index is 0.417. The lowest BCUT2D eigenvalue weighted by Gasteiger charge is -2.22. The summed E-state index contributed by atoms with van der Waals surface area (Å²) in [5, 5.41) is 0. The predicted molar refractivity (Wildman–Crippen MR) is 52.1 cm³/mol. The molecular weight excluding hydrogens is 133 g/mol. The molecule has 0 aliphatic heterocycles. The van der Waals surface area contributed by atoms with Crippen molar-refractivity contribution in [3.05, 3.63) is 12.2 Å². The van der Waals surface area contributed by atoms with Gasteiger partial charge in [0.25, 0.3) is 0 Å². The molecule has 0 aromatic heterocycles. The number of hydrogen-bond donors (Lipinski definition) is 0. The predicted octanol–water partition coefficient (Wildman–Crippen LogP) is 1.86. The second-order valence-electron chi connectivity index (χ2n) is 2.71. The molecule has 0 saturated carbocycles. The average Bonchev–Trinajstić information content (AvgIpc) is 2.05. The van der Waals surface area contributed by atoms with Crippen LogP contribution < -0.4 is 0 Å². The molecule has 11 heavy (non-hydrogen) atoms. The van der Waals surface area contributed by atoms with Gasteiger partial charge in [-0.25, -0.2) is 0 Å². The van der Waals surface area contributed by atoms with Crippen LogP contribution in [0.25, 0.3) is 0 Å². The molecule has 0 fully saturated rings. The van der Waals surface area contributed by atoms with E-state index in [0.717, 1.165) is 13.0 Å². The Labute approximate surface area is 71.9 Å². The summed E-state index contributed by atoms with van der Waals surface area (Å²) in [6.07, 6.45) is 6.15. The van der Waals surface area contributed by atoms with Crippen molar-refractivity contribution < 1.29 is 0 Å². The molecule has 2 heteroatoms. The maximum Gasteiger partial charge on any atom is 0.0678 e. The lowest BCUT2D eigenvalue weighted by Crippen LogP contribution is -2.29. The van der Waals surface area contributed by atoms with Gasteiger partial charge < -0.3 is 4.90 Å². The number of nitrogens with zero attached hydrogens (tertiary/aromatic N) is 1. The highest BCUT2D eigenvalue weighted by molar-refractivity contribution is 6.09. The summed E-state index contributed by atoms with van der Waals surface area (Å²) in [4.78, 5) is 2.24. The molecule has 0 heterocycles. The summed E-state index contributed by atoms with van der Waals surface area (Å²) in [5.41, 5.74) is 0. The van der Waals surface area contributed by atoms with Crippen LogP contribution in [0.1, 0.15) is 20.3 Å². The van der Waals surface area contributed by atoms with Gasteiger partial charge >= 0.3 is 0 Å². The van der Waals surface area contributed by atoms with Crippen LogP contribution in [0.4, 0.5) is 0 Å². The third-order valence-electron chi connectivity index (χ3n) is 1.90. The zero-order valence-corrected chi connectivity index (χ0v) is 7.88. The fourth-order valence-electron chi connectivity index (χ4n) is 0.933. The van der Waals surface area contributed by atoms with E-state index in [4.69, 9.17) is 7.85 Å². The van der Waals surface area contributed by atoms with Crippen LogP contribution in [-0.4, -0.2) is 32.4 Å². The number of likely N-dealkylation sites (N-methyl/N-ethyl adjacent to an activating group) is 1. The summed E-state index contributed by atoms with van der Waals surface area (Å²) in [5.74, 6) is 0. The normalized spacial score (nSPS) is 14.5. The molecule has 0 aromatic carbocycles. The number of hydrogen-bond acceptors (Lipinski definition) is 1. The van der Waals surface area contributed by atoms with E-state index in [1.54, 1.807) is 0 Å². The van der Waals surface area contributed by atoms with Gasteiger partial charge in [0, 0.05) is 6.04 Å². The maximum absolute atomic E-state index is 5.60. The lowest BCUT2D eigenvalue weighted by atomic mass is 9.96. The molecule has 1 atom stereocenters. The first-order valence-electron chi connectivity index (χ1n) is 4.33. The van der Waals surface area contributed by atoms with Crippen molar-refractivity contribution in [3.63, 3.8) is 0 Å². The minimum Gasteiger partial charge on any atom is -0.301 e. The van der Waals surface area contributed by atoms with Gasteiger partial charge in [-0.2, -0.15) is 0 Å². The van der Waals surface area contributed by atoms with Gasteiger partial charge in [0.05, 0.1) is 7.85 Å². The van der Waals surface area contributed by atoms with Crippen molar-refractivity contribution in [1.29, 1.82) is 0 Å². The smallest absolute Gasteiger partial charge is 0.0678 e. The van der Waals surface area contributed by atoms with Gasteiger partial charge in [0.2, 0.25) is 0 Å². The van der Waals surface area contributed by atoms with Crippen LogP contribution in [-0.2, 0) is 0 Å². The Hall–Kier alpha value is -0.235. The largest absolute Gasteiger partial charge is 0.301 e. The van der Waals surface area contributed by atoms with Gasteiger partial charge in [-0.3, -0.25) is 0 Å². The third-order valence-corrected chi connectivity index (χ3v) is 1.90. The Morgan fingerprint density at radius 2 is 2.09 bits per heavy atom. The Balaban J connectivity index is 3.83. The Kier molecular flexibility index (Phi) is 6.34. The van der Waals surface area contributed by atoms with Crippen LogP contribution in [0, 0.1) is 0 Å². The molecule has 0 bridgehead atoms. The quantitative estimate of drug-likeness (QED) is 0.428. The van der Waals surface area contributed by atoms with Crippen LogP contribution in [0.2, 0.25) is 6.32 Å². The Morgan fingerprint density at radius 1 is 1.45 bits per heavy atom. The topological polar surface area (TPSA) is 3.24 Å². The van der Waals surface area contributed by atoms with Gasteiger partial charge in [-0.1, -0.05) is 32.3 Å². The van der Waals surface area contributed by atoms with Gasteiger partial charge in [0.15, 0.2) is 0 Å². The van der Waals surface area contributed by atoms with E-state index in [-0.39, 0.29) is 0 Å². The first-order chi connectivity index (χ1) is 5.26. The second-order valence-corrected chi connectivity index (χ2v) is 2.71. The molecule has 1 unspecified atom stereocenters. The van der Waals surface area contributed by atoms with E-state index in [0.29, 0.717) is 12.4 Å². The molecule has 0 spiro atoms. The van der Waals surface area contributed by atoms with E-state index in [1.165, 1.54) is 0 Å². The van der Waals surface area contributed by atoms with Crippen LogP contribution in [0.15, 0.2) is 12.2 Å². The highest BCUT2D eigenvalue weighted by atomic mass is 15.1. The van der Waals surface area contributed by atoms with E-state index in [1.807, 2.05) is 0 Å². The SMILES string of the molecule is [B]CC(C=CCC)N(C)CC. The highest BCUT2D eigenvalue weighted by Gasteiger charge is 2.04. The van der Waals surface area contributed by atoms with Gasteiger partial charge in [-0.05, 0) is 20.0 Å².